The van der Waals surface area contributed by atoms with Gasteiger partial charge in [0, 0.05) is 5.02 Å². The lowest BCUT2D eigenvalue weighted by Gasteiger charge is -2.20. The zero-order valence-corrected chi connectivity index (χ0v) is 12.9. The zero-order valence-electron chi connectivity index (χ0n) is 12.2. The van der Waals surface area contributed by atoms with Crippen molar-refractivity contribution in [1.29, 1.82) is 0 Å². The van der Waals surface area contributed by atoms with Crippen LogP contribution in [-0.2, 0) is 0 Å². The van der Waals surface area contributed by atoms with Gasteiger partial charge >= 0.3 is 0 Å². The average Bonchev–Trinajstić information content (AvgIpc) is 3.29. The predicted molar refractivity (Wildman–Crippen MR) is 87.1 cm³/mol. The summed E-state index contributed by atoms with van der Waals surface area (Å²) < 4.78 is 5.90. The largest absolute Gasteiger partial charge is 0.490 e. The van der Waals surface area contributed by atoms with Crippen molar-refractivity contribution in [3.8, 4) is 5.75 Å². The van der Waals surface area contributed by atoms with Crippen LogP contribution in [0.2, 0.25) is 5.02 Å². The summed E-state index contributed by atoms with van der Waals surface area (Å²) >= 11 is 6.13. The Morgan fingerprint density at radius 2 is 1.86 bits per heavy atom. The fourth-order valence-corrected chi connectivity index (χ4v) is 2.66. The van der Waals surface area contributed by atoms with Crippen LogP contribution in [0.15, 0.2) is 48.5 Å². The van der Waals surface area contributed by atoms with Crippen molar-refractivity contribution in [1.82, 2.24) is 5.32 Å². The van der Waals surface area contributed by atoms with Crippen molar-refractivity contribution in [3.63, 3.8) is 0 Å². The Bertz CT molecular complexity index is 610. The first kappa shape index (κ1) is 14.4. The van der Waals surface area contributed by atoms with Crippen molar-refractivity contribution >= 4 is 11.6 Å². The van der Waals surface area contributed by atoms with Crippen LogP contribution in [0.5, 0.6) is 5.75 Å². The van der Waals surface area contributed by atoms with Crippen LogP contribution < -0.4 is 10.1 Å². The molecule has 1 fully saturated rings. The van der Waals surface area contributed by atoms with E-state index in [9.17, 15) is 0 Å². The molecule has 2 aromatic rings. The molecule has 3 rings (SSSR count). The third-order valence-corrected chi connectivity index (χ3v) is 3.84. The van der Waals surface area contributed by atoms with E-state index in [4.69, 9.17) is 16.3 Å². The Kier molecular flexibility index (Phi) is 4.47. The van der Waals surface area contributed by atoms with Gasteiger partial charge in [-0.05, 0) is 54.8 Å². The Balaban J connectivity index is 1.88. The highest BCUT2D eigenvalue weighted by atomic mass is 35.5. The maximum absolute atomic E-state index is 6.13. The molecule has 0 spiro atoms. The molecule has 0 aliphatic heterocycles. The van der Waals surface area contributed by atoms with E-state index >= 15 is 0 Å². The van der Waals surface area contributed by atoms with Crippen molar-refractivity contribution in [2.24, 2.45) is 0 Å². The second-order valence-corrected chi connectivity index (χ2v) is 5.87. The molecule has 1 saturated carbocycles. The summed E-state index contributed by atoms with van der Waals surface area (Å²) in [5, 5.41) is 4.29. The van der Waals surface area contributed by atoms with Crippen LogP contribution >= 0.6 is 11.6 Å². The molecule has 21 heavy (non-hydrogen) atoms. The SMILES string of the molecule is CCNC(c1cccc(Cl)c1)c1cccc(OC2CC2)c1. The van der Waals surface area contributed by atoms with Crippen LogP contribution in [0.3, 0.4) is 0 Å². The van der Waals surface area contributed by atoms with Gasteiger partial charge in [-0.25, -0.2) is 0 Å². The van der Waals surface area contributed by atoms with Gasteiger partial charge in [0.2, 0.25) is 0 Å². The third-order valence-electron chi connectivity index (χ3n) is 3.61. The van der Waals surface area contributed by atoms with E-state index in [1.165, 1.54) is 24.0 Å². The smallest absolute Gasteiger partial charge is 0.120 e. The number of rotatable bonds is 6. The van der Waals surface area contributed by atoms with Crippen LogP contribution in [0, 0.1) is 0 Å². The van der Waals surface area contributed by atoms with Crippen molar-refractivity contribution in [3.05, 3.63) is 64.7 Å². The predicted octanol–water partition coefficient (Wildman–Crippen LogP) is 4.58. The van der Waals surface area contributed by atoms with Crippen LogP contribution in [-0.4, -0.2) is 12.6 Å². The van der Waals surface area contributed by atoms with Crippen LogP contribution in [0.25, 0.3) is 0 Å². The van der Waals surface area contributed by atoms with Gasteiger partial charge in [0.1, 0.15) is 5.75 Å². The minimum absolute atomic E-state index is 0.136. The fourth-order valence-electron chi connectivity index (χ4n) is 2.46. The lowest BCUT2D eigenvalue weighted by Crippen LogP contribution is -2.22. The minimum Gasteiger partial charge on any atom is -0.490 e. The molecule has 0 bridgehead atoms. The molecule has 1 aliphatic rings. The van der Waals surface area contributed by atoms with Gasteiger partial charge in [0.05, 0.1) is 12.1 Å². The molecule has 1 N–H and O–H groups in total. The average molecular weight is 302 g/mol. The Morgan fingerprint density at radius 1 is 1.14 bits per heavy atom. The number of hydrogen-bond donors (Lipinski definition) is 1. The van der Waals surface area contributed by atoms with Gasteiger partial charge in [-0.3, -0.25) is 0 Å². The highest BCUT2D eigenvalue weighted by Crippen LogP contribution is 2.30. The second kappa shape index (κ2) is 6.50. The normalized spacial score (nSPS) is 15.7. The number of halogens is 1. The first-order valence-electron chi connectivity index (χ1n) is 7.51. The monoisotopic (exact) mass is 301 g/mol. The molecular weight excluding hydrogens is 282 g/mol. The Hall–Kier alpha value is -1.51. The summed E-state index contributed by atoms with van der Waals surface area (Å²) in [7, 11) is 0. The van der Waals surface area contributed by atoms with Gasteiger partial charge in [0.25, 0.3) is 0 Å². The molecule has 0 heterocycles. The summed E-state index contributed by atoms with van der Waals surface area (Å²) in [5.74, 6) is 0.958. The van der Waals surface area contributed by atoms with Crippen molar-refractivity contribution in [2.75, 3.05) is 6.54 Å². The first-order chi connectivity index (χ1) is 10.3. The van der Waals surface area contributed by atoms with Crippen molar-refractivity contribution < 1.29 is 4.74 Å². The third kappa shape index (κ3) is 3.78. The molecule has 2 aromatic carbocycles. The second-order valence-electron chi connectivity index (χ2n) is 5.44. The maximum atomic E-state index is 6.13. The van der Waals surface area contributed by atoms with Gasteiger partial charge in [-0.2, -0.15) is 0 Å². The number of benzene rings is 2. The van der Waals surface area contributed by atoms with Crippen LogP contribution in [0.4, 0.5) is 0 Å². The Morgan fingerprint density at radius 3 is 2.52 bits per heavy atom. The maximum Gasteiger partial charge on any atom is 0.120 e. The summed E-state index contributed by atoms with van der Waals surface area (Å²) in [6.45, 7) is 3.01. The molecule has 0 saturated heterocycles. The molecule has 0 amide bonds. The summed E-state index contributed by atoms with van der Waals surface area (Å²) in [6.07, 6.45) is 2.77. The topological polar surface area (TPSA) is 21.3 Å². The van der Waals surface area contributed by atoms with Crippen molar-refractivity contribution in [2.45, 2.75) is 31.9 Å². The molecule has 0 radical (unpaired) electrons. The highest BCUT2D eigenvalue weighted by Gasteiger charge is 2.24. The fraction of sp³-hybridized carbons (Fsp3) is 0.333. The van der Waals surface area contributed by atoms with Gasteiger partial charge in [-0.1, -0.05) is 42.8 Å². The number of hydrogen-bond acceptors (Lipinski definition) is 2. The molecular formula is C18H20ClNO. The summed E-state index contributed by atoms with van der Waals surface area (Å²) in [5.41, 5.74) is 2.38. The quantitative estimate of drug-likeness (QED) is 0.843. The zero-order chi connectivity index (χ0) is 14.7. The molecule has 110 valence electrons. The van der Waals surface area contributed by atoms with Gasteiger partial charge in [-0.15, -0.1) is 0 Å². The highest BCUT2D eigenvalue weighted by molar-refractivity contribution is 6.30. The molecule has 1 aliphatic carbocycles. The van der Waals surface area contributed by atoms with E-state index in [1.54, 1.807) is 0 Å². The van der Waals surface area contributed by atoms with E-state index in [1.807, 2.05) is 24.3 Å². The van der Waals surface area contributed by atoms with E-state index in [0.29, 0.717) is 6.10 Å². The molecule has 1 atom stereocenters. The standard InChI is InChI=1S/C18H20ClNO/c1-2-20-18(13-5-3-7-15(19)11-13)14-6-4-8-17(12-14)21-16-9-10-16/h3-8,11-12,16,18,20H,2,9-10H2,1H3. The summed E-state index contributed by atoms with van der Waals surface area (Å²) in [4.78, 5) is 0. The van der Waals surface area contributed by atoms with Gasteiger partial charge in [0.15, 0.2) is 0 Å². The molecule has 2 nitrogen and oxygen atoms in total. The van der Waals surface area contributed by atoms with Crippen LogP contribution in [0.1, 0.15) is 36.9 Å². The number of nitrogens with one attached hydrogen (secondary N) is 1. The lowest BCUT2D eigenvalue weighted by atomic mass is 9.98. The molecule has 3 heteroatoms. The van der Waals surface area contributed by atoms with Gasteiger partial charge < -0.3 is 10.1 Å². The van der Waals surface area contributed by atoms with E-state index < -0.39 is 0 Å². The molecule has 0 aromatic heterocycles. The minimum atomic E-state index is 0.136. The lowest BCUT2D eigenvalue weighted by molar-refractivity contribution is 0.302. The van der Waals surface area contributed by atoms with E-state index in [-0.39, 0.29) is 6.04 Å². The van der Waals surface area contributed by atoms with E-state index in [0.717, 1.165) is 17.3 Å². The first-order valence-corrected chi connectivity index (χ1v) is 7.89. The summed E-state index contributed by atoms with van der Waals surface area (Å²) in [6, 6.07) is 16.5. The Labute approximate surface area is 131 Å². The molecule has 1 unspecified atom stereocenters. The van der Waals surface area contributed by atoms with E-state index in [2.05, 4.69) is 36.5 Å². The number of ether oxygens (including phenoxy) is 1.